The van der Waals surface area contributed by atoms with E-state index in [0.29, 0.717) is 11.3 Å². The fraction of sp³-hybridized carbons (Fsp3) is 0.167. The second-order valence-electron chi connectivity index (χ2n) is 7.03. The van der Waals surface area contributed by atoms with E-state index in [1.807, 2.05) is 25.2 Å². The van der Waals surface area contributed by atoms with Crippen LogP contribution in [0.25, 0.3) is 16.0 Å². The van der Waals surface area contributed by atoms with Gasteiger partial charge in [-0.15, -0.1) is 0 Å². The predicted octanol–water partition coefficient (Wildman–Crippen LogP) is 6.02. The van der Waals surface area contributed by atoms with Crippen molar-refractivity contribution in [3.63, 3.8) is 0 Å². The van der Waals surface area contributed by atoms with Gasteiger partial charge in [0, 0.05) is 12.7 Å². The van der Waals surface area contributed by atoms with Crippen molar-refractivity contribution in [2.45, 2.75) is 20.0 Å². The molecule has 1 heterocycles. The van der Waals surface area contributed by atoms with Gasteiger partial charge < -0.3 is 9.80 Å². The van der Waals surface area contributed by atoms with Gasteiger partial charge in [-0.3, -0.25) is 0 Å². The summed E-state index contributed by atoms with van der Waals surface area (Å²) in [4.78, 5) is 7.98. The first-order chi connectivity index (χ1) is 13.6. The second kappa shape index (κ2) is 6.76. The van der Waals surface area contributed by atoms with Gasteiger partial charge in [0.15, 0.2) is 0 Å². The van der Waals surface area contributed by atoms with Gasteiger partial charge in [0.2, 0.25) is 5.69 Å². The molecule has 4 heteroatoms. The molecule has 136 valence electrons. The number of hydrogen-bond donors (Lipinski definition) is 0. The number of anilines is 3. The average Bonchev–Trinajstić information content (AvgIpc) is 2.99. The third-order valence-electron chi connectivity index (χ3n) is 5.46. The largest absolute Gasteiger partial charge is 0.353 e. The maximum Gasteiger partial charge on any atom is 0.212 e. The SMILES string of the molecule is [C-]#[N+]c1ccc(C#N)c2c1N(c1ccc(-c3ccccc3)cc1C)[C@@H](C)N2C. The Hall–Kier alpha value is -3.76. The molecule has 1 aliphatic heterocycles. The van der Waals surface area contributed by atoms with Crippen molar-refractivity contribution >= 4 is 22.7 Å². The topological polar surface area (TPSA) is 34.6 Å². The highest BCUT2D eigenvalue weighted by molar-refractivity contribution is 5.96. The van der Waals surface area contributed by atoms with Crippen LogP contribution in [0.1, 0.15) is 18.1 Å². The van der Waals surface area contributed by atoms with Crippen LogP contribution in [-0.4, -0.2) is 13.2 Å². The molecule has 0 unspecified atom stereocenters. The first-order valence-corrected chi connectivity index (χ1v) is 9.19. The smallest absolute Gasteiger partial charge is 0.212 e. The monoisotopic (exact) mass is 364 g/mol. The minimum Gasteiger partial charge on any atom is -0.353 e. The van der Waals surface area contributed by atoms with Gasteiger partial charge in [-0.05, 0) is 42.7 Å². The summed E-state index contributed by atoms with van der Waals surface area (Å²) in [5, 5.41) is 9.57. The molecular weight excluding hydrogens is 344 g/mol. The number of nitrogens with zero attached hydrogens (tertiary/aromatic N) is 4. The normalized spacial score (nSPS) is 15.1. The molecule has 3 aromatic rings. The van der Waals surface area contributed by atoms with Crippen LogP contribution < -0.4 is 9.80 Å². The lowest BCUT2D eigenvalue weighted by Gasteiger charge is -2.29. The summed E-state index contributed by atoms with van der Waals surface area (Å²) in [6.07, 6.45) is 0.00581. The standard InChI is InChI=1S/C24H20N4/c1-16-14-19(18-8-6-5-7-9-18)11-13-22(16)28-17(2)27(4)23-20(15-25)10-12-21(26-3)24(23)28/h5-14,17H,1-2,4H3/t17-/m0/s1. The van der Waals surface area contributed by atoms with Crippen molar-refractivity contribution in [2.24, 2.45) is 0 Å². The molecule has 4 rings (SSSR count). The van der Waals surface area contributed by atoms with Crippen molar-refractivity contribution in [3.8, 4) is 17.2 Å². The molecule has 0 bridgehead atoms. The van der Waals surface area contributed by atoms with Crippen LogP contribution in [0.15, 0.2) is 60.7 Å². The number of nitriles is 1. The van der Waals surface area contributed by atoms with Crippen LogP contribution in [0.3, 0.4) is 0 Å². The Kier molecular flexibility index (Phi) is 4.26. The summed E-state index contributed by atoms with van der Waals surface area (Å²) in [6.45, 7) is 11.8. The van der Waals surface area contributed by atoms with Gasteiger partial charge in [0.05, 0.1) is 23.5 Å². The molecule has 0 saturated heterocycles. The summed E-state index contributed by atoms with van der Waals surface area (Å²) < 4.78 is 0. The fourth-order valence-electron chi connectivity index (χ4n) is 3.95. The van der Waals surface area contributed by atoms with Crippen molar-refractivity contribution in [1.29, 1.82) is 5.26 Å². The van der Waals surface area contributed by atoms with Gasteiger partial charge in [-0.2, -0.15) is 5.26 Å². The molecule has 0 fully saturated rings. The van der Waals surface area contributed by atoms with E-state index in [0.717, 1.165) is 22.6 Å². The van der Waals surface area contributed by atoms with Gasteiger partial charge in [-0.25, -0.2) is 4.85 Å². The summed E-state index contributed by atoms with van der Waals surface area (Å²) >= 11 is 0. The summed E-state index contributed by atoms with van der Waals surface area (Å²) in [7, 11) is 1.98. The summed E-state index contributed by atoms with van der Waals surface area (Å²) in [5.74, 6) is 0. The van der Waals surface area contributed by atoms with Crippen LogP contribution in [0.2, 0.25) is 0 Å². The number of fused-ring (bicyclic) bond motifs is 1. The molecular formula is C24H20N4. The van der Waals surface area contributed by atoms with Gasteiger partial charge >= 0.3 is 0 Å². The van der Waals surface area contributed by atoms with Crippen molar-refractivity contribution in [3.05, 3.63) is 83.2 Å². The molecule has 28 heavy (non-hydrogen) atoms. The number of rotatable bonds is 2. The van der Waals surface area contributed by atoms with Gasteiger partial charge in [0.25, 0.3) is 0 Å². The molecule has 1 aliphatic rings. The first-order valence-electron chi connectivity index (χ1n) is 9.19. The first kappa shape index (κ1) is 17.6. The summed E-state index contributed by atoms with van der Waals surface area (Å²) in [6, 6.07) is 22.5. The zero-order valence-corrected chi connectivity index (χ0v) is 16.1. The highest BCUT2D eigenvalue weighted by Gasteiger charge is 2.36. The maximum absolute atomic E-state index is 9.57. The predicted molar refractivity (Wildman–Crippen MR) is 114 cm³/mol. The minimum atomic E-state index is 0.00581. The van der Waals surface area contributed by atoms with Crippen LogP contribution in [0, 0.1) is 24.8 Å². The number of aryl methyl sites for hydroxylation is 1. The van der Waals surface area contributed by atoms with E-state index in [9.17, 15) is 5.26 Å². The molecule has 4 nitrogen and oxygen atoms in total. The van der Waals surface area contributed by atoms with E-state index >= 15 is 0 Å². The van der Waals surface area contributed by atoms with E-state index in [1.54, 1.807) is 12.1 Å². The Morgan fingerprint density at radius 2 is 1.75 bits per heavy atom. The van der Waals surface area contributed by atoms with E-state index < -0.39 is 0 Å². The molecule has 0 radical (unpaired) electrons. The summed E-state index contributed by atoms with van der Waals surface area (Å²) in [5.41, 5.74) is 7.34. The van der Waals surface area contributed by atoms with Gasteiger partial charge in [-0.1, -0.05) is 48.5 Å². The Morgan fingerprint density at radius 1 is 1.00 bits per heavy atom. The van der Waals surface area contributed by atoms with Crippen molar-refractivity contribution in [2.75, 3.05) is 16.8 Å². The van der Waals surface area contributed by atoms with E-state index in [2.05, 4.69) is 64.9 Å². The second-order valence-corrected chi connectivity index (χ2v) is 7.03. The van der Waals surface area contributed by atoms with E-state index in [1.165, 1.54) is 11.1 Å². The Bertz CT molecular complexity index is 1140. The molecule has 1 atom stereocenters. The van der Waals surface area contributed by atoms with Crippen molar-refractivity contribution in [1.82, 2.24) is 0 Å². The van der Waals surface area contributed by atoms with Crippen LogP contribution in [-0.2, 0) is 0 Å². The number of benzene rings is 3. The Morgan fingerprint density at radius 3 is 2.39 bits per heavy atom. The zero-order chi connectivity index (χ0) is 19.8. The third kappa shape index (κ3) is 2.59. The van der Waals surface area contributed by atoms with E-state index in [-0.39, 0.29) is 6.17 Å². The van der Waals surface area contributed by atoms with E-state index in [4.69, 9.17) is 6.57 Å². The van der Waals surface area contributed by atoms with Crippen LogP contribution >= 0.6 is 0 Å². The molecule has 0 spiro atoms. The average molecular weight is 364 g/mol. The number of hydrogen-bond acceptors (Lipinski definition) is 3. The Balaban J connectivity index is 1.88. The molecule has 0 N–H and O–H groups in total. The maximum atomic E-state index is 9.57. The molecule has 0 saturated carbocycles. The minimum absolute atomic E-state index is 0.00581. The highest BCUT2D eigenvalue weighted by Crippen LogP contribution is 2.51. The lowest BCUT2D eigenvalue weighted by atomic mass is 10.0. The zero-order valence-electron chi connectivity index (χ0n) is 16.1. The van der Waals surface area contributed by atoms with Gasteiger partial charge in [0.1, 0.15) is 12.2 Å². The van der Waals surface area contributed by atoms with Crippen LogP contribution in [0.5, 0.6) is 0 Å². The molecule has 0 aromatic heterocycles. The third-order valence-corrected chi connectivity index (χ3v) is 5.46. The highest BCUT2D eigenvalue weighted by atomic mass is 15.4. The van der Waals surface area contributed by atoms with Crippen LogP contribution in [0.4, 0.5) is 22.7 Å². The fourth-order valence-corrected chi connectivity index (χ4v) is 3.95. The van der Waals surface area contributed by atoms with Crippen molar-refractivity contribution < 1.29 is 0 Å². The lowest BCUT2D eigenvalue weighted by Crippen LogP contribution is -2.36. The molecule has 0 amide bonds. The lowest BCUT2D eigenvalue weighted by molar-refractivity contribution is 0.732. The molecule has 0 aliphatic carbocycles. The quantitative estimate of drug-likeness (QED) is 0.522. The Labute approximate surface area is 165 Å². The molecule has 3 aromatic carbocycles.